The van der Waals surface area contributed by atoms with Crippen LogP contribution in [0.5, 0.6) is 0 Å². The van der Waals surface area contributed by atoms with Gasteiger partial charge in [0, 0.05) is 22.5 Å². The van der Waals surface area contributed by atoms with E-state index in [9.17, 15) is 0 Å². The molecule has 32 heavy (non-hydrogen) atoms. The molecule has 0 aromatic heterocycles. The fourth-order valence-electron chi connectivity index (χ4n) is 4.19. The molecule has 0 amide bonds. The molecule has 2 rings (SSSR count). The molecule has 0 saturated carbocycles. The van der Waals surface area contributed by atoms with Gasteiger partial charge in [0.05, 0.1) is 0 Å². The fraction of sp³-hybridized carbons (Fsp3) is 0.538. The Kier molecular flexibility index (Phi) is 8.60. The minimum absolute atomic E-state index is 0.430. The lowest BCUT2D eigenvalue weighted by Crippen LogP contribution is -2.36. The van der Waals surface area contributed by atoms with Crippen molar-refractivity contribution >= 4 is 11.4 Å². The zero-order chi connectivity index (χ0) is 24.1. The van der Waals surface area contributed by atoms with Crippen molar-refractivity contribution in [2.24, 2.45) is 0 Å². The van der Waals surface area contributed by atoms with Crippen LogP contribution in [-0.4, -0.2) is 0 Å². The van der Waals surface area contributed by atoms with E-state index in [2.05, 4.69) is 0 Å². The highest BCUT2D eigenvalue weighted by Crippen LogP contribution is 2.51. The van der Waals surface area contributed by atoms with Gasteiger partial charge in [-0.05, 0) is 72.2 Å². The van der Waals surface area contributed by atoms with E-state index in [1.165, 1.54) is 0 Å². The summed E-state index contributed by atoms with van der Waals surface area (Å²) >= 11 is 0. The summed E-state index contributed by atoms with van der Waals surface area (Å²) in [5.74, 6) is -8.79. The number of hydrogen-bond donors (Lipinski definition) is 2. The third kappa shape index (κ3) is 5.05. The van der Waals surface area contributed by atoms with Gasteiger partial charge in [0.15, 0.2) is 0 Å². The Morgan fingerprint density at radius 3 is 0.938 bits per heavy atom. The second-order valence-electron chi connectivity index (χ2n) is 8.57. The van der Waals surface area contributed by atoms with Crippen molar-refractivity contribution in [3.63, 3.8) is 0 Å². The molecule has 0 radical (unpaired) electrons. The molecule has 0 unspecified atom stereocenters. The zero-order valence-corrected chi connectivity index (χ0v) is 19.6. The molecule has 4 N–H and O–H groups in total. The third-order valence-corrected chi connectivity index (χ3v) is 5.90. The van der Waals surface area contributed by atoms with Crippen molar-refractivity contribution in [1.82, 2.24) is 0 Å². The number of nitrogen functional groups attached to an aromatic ring is 2. The normalized spacial score (nSPS) is 12.4. The quantitative estimate of drug-likeness (QED) is 0.273. The Labute approximate surface area is 189 Å². The van der Waals surface area contributed by atoms with E-state index in [0.717, 1.165) is 24.3 Å². The lowest BCUT2D eigenvalue weighted by Gasteiger charge is -2.29. The predicted molar refractivity (Wildman–Crippen MR) is 125 cm³/mol. The highest BCUT2D eigenvalue weighted by molar-refractivity contribution is 5.59. The Morgan fingerprint density at radius 1 is 0.531 bits per heavy atom. The van der Waals surface area contributed by atoms with E-state index in [0.29, 0.717) is 85.0 Å². The van der Waals surface area contributed by atoms with Crippen molar-refractivity contribution in [1.29, 1.82) is 0 Å². The molecule has 178 valence electrons. The Bertz CT molecular complexity index is 793. The van der Waals surface area contributed by atoms with Crippen molar-refractivity contribution in [2.75, 3.05) is 11.5 Å². The SMILES string of the molecule is CCCc1cc(C(F)(F)C(F)(F)c2cc(CCC)c(N)c(CCC)c2)cc(CCC)c1N. The first-order valence-corrected chi connectivity index (χ1v) is 11.6. The predicted octanol–water partition coefficient (Wildman–Crippen LogP) is 7.54. The molecule has 2 aromatic rings. The van der Waals surface area contributed by atoms with Gasteiger partial charge in [-0.25, -0.2) is 0 Å². The number of hydrogen-bond acceptors (Lipinski definition) is 2. The van der Waals surface area contributed by atoms with E-state index >= 15 is 17.6 Å². The summed E-state index contributed by atoms with van der Waals surface area (Å²) in [5, 5.41) is 0. The molecule has 0 aliphatic rings. The van der Waals surface area contributed by atoms with Crippen LogP contribution in [0.25, 0.3) is 0 Å². The fourth-order valence-corrected chi connectivity index (χ4v) is 4.19. The average Bonchev–Trinajstić information content (AvgIpc) is 2.73. The van der Waals surface area contributed by atoms with Gasteiger partial charge in [0.2, 0.25) is 0 Å². The molecule has 0 aliphatic carbocycles. The van der Waals surface area contributed by atoms with Gasteiger partial charge >= 0.3 is 11.8 Å². The first-order valence-electron chi connectivity index (χ1n) is 11.6. The maximum absolute atomic E-state index is 15.5. The van der Waals surface area contributed by atoms with Crippen molar-refractivity contribution in [2.45, 2.75) is 90.9 Å². The van der Waals surface area contributed by atoms with Gasteiger partial charge in [-0.15, -0.1) is 0 Å². The van der Waals surface area contributed by atoms with Crippen LogP contribution < -0.4 is 11.5 Å². The molecule has 0 fully saturated rings. The Hall–Kier alpha value is -2.24. The Balaban J connectivity index is 2.67. The van der Waals surface area contributed by atoms with E-state index in [1.807, 2.05) is 27.7 Å². The summed E-state index contributed by atoms with van der Waals surface area (Å²) in [7, 11) is 0. The van der Waals surface area contributed by atoms with Crippen LogP contribution in [0, 0.1) is 0 Å². The highest BCUT2D eigenvalue weighted by Gasteiger charge is 2.59. The zero-order valence-electron chi connectivity index (χ0n) is 19.6. The maximum atomic E-state index is 15.5. The molecule has 0 heterocycles. The monoisotopic (exact) mass is 452 g/mol. The van der Waals surface area contributed by atoms with E-state index in [1.54, 1.807) is 0 Å². The average molecular weight is 453 g/mol. The summed E-state index contributed by atoms with van der Waals surface area (Å²) in [6.45, 7) is 7.60. The molecule has 2 nitrogen and oxygen atoms in total. The lowest BCUT2D eigenvalue weighted by atomic mass is 9.88. The number of nitrogens with two attached hydrogens (primary N) is 2. The topological polar surface area (TPSA) is 52.0 Å². The third-order valence-electron chi connectivity index (χ3n) is 5.90. The van der Waals surface area contributed by atoms with Gasteiger partial charge in [-0.1, -0.05) is 53.4 Å². The lowest BCUT2D eigenvalue weighted by molar-refractivity contribution is -0.224. The first kappa shape index (κ1) is 26.0. The summed E-state index contributed by atoms with van der Waals surface area (Å²) in [6, 6.07) is 4.62. The summed E-state index contributed by atoms with van der Waals surface area (Å²) < 4.78 is 62.0. The van der Waals surface area contributed by atoms with Crippen LogP contribution in [0.15, 0.2) is 24.3 Å². The second kappa shape index (κ2) is 10.6. The summed E-state index contributed by atoms with van der Waals surface area (Å²) in [6.07, 6.45) is 4.56. The van der Waals surface area contributed by atoms with Crippen LogP contribution >= 0.6 is 0 Å². The van der Waals surface area contributed by atoms with E-state index in [-0.39, 0.29) is 0 Å². The standard InChI is InChI=1S/C26H36F4N2/c1-5-9-17-13-21(14-18(10-6-2)23(17)31)25(27,28)26(29,30)22-15-19(11-7-3)24(32)20(16-22)12-8-4/h13-16H,5-12,31-32H2,1-4H3. The largest absolute Gasteiger partial charge is 0.398 e. The molecule has 0 bridgehead atoms. The number of alkyl halides is 4. The second-order valence-corrected chi connectivity index (χ2v) is 8.57. The first-order chi connectivity index (χ1) is 15.0. The molecular formula is C26H36F4N2. The van der Waals surface area contributed by atoms with Crippen LogP contribution in [0.3, 0.4) is 0 Å². The number of halogens is 4. The van der Waals surface area contributed by atoms with E-state index in [4.69, 9.17) is 11.5 Å². The number of aryl methyl sites for hydroxylation is 4. The number of anilines is 2. The van der Waals surface area contributed by atoms with Crippen LogP contribution in [0.4, 0.5) is 28.9 Å². The van der Waals surface area contributed by atoms with Crippen molar-refractivity contribution < 1.29 is 17.6 Å². The Morgan fingerprint density at radius 2 is 0.750 bits per heavy atom. The minimum atomic E-state index is -4.39. The molecule has 0 saturated heterocycles. The van der Waals surface area contributed by atoms with Crippen molar-refractivity contribution in [3.05, 3.63) is 57.6 Å². The summed E-state index contributed by atoms with van der Waals surface area (Å²) in [5.41, 5.74) is 13.8. The molecule has 0 atom stereocenters. The van der Waals surface area contributed by atoms with Gasteiger partial charge in [-0.3, -0.25) is 0 Å². The number of rotatable bonds is 11. The van der Waals surface area contributed by atoms with Gasteiger partial charge < -0.3 is 11.5 Å². The van der Waals surface area contributed by atoms with Crippen molar-refractivity contribution in [3.8, 4) is 0 Å². The van der Waals surface area contributed by atoms with E-state index < -0.39 is 23.0 Å². The molecule has 2 aromatic carbocycles. The van der Waals surface area contributed by atoms with Gasteiger partial charge in [0.25, 0.3) is 0 Å². The maximum Gasteiger partial charge on any atom is 0.339 e. The van der Waals surface area contributed by atoms with Crippen LogP contribution in [0.1, 0.15) is 86.8 Å². The van der Waals surface area contributed by atoms with Crippen LogP contribution in [0.2, 0.25) is 0 Å². The molecule has 0 aliphatic heterocycles. The number of benzene rings is 2. The van der Waals surface area contributed by atoms with Gasteiger partial charge in [0.1, 0.15) is 0 Å². The molecule has 6 heteroatoms. The van der Waals surface area contributed by atoms with Gasteiger partial charge in [-0.2, -0.15) is 17.6 Å². The molecular weight excluding hydrogens is 416 g/mol. The summed E-state index contributed by atoms with van der Waals surface area (Å²) in [4.78, 5) is 0. The van der Waals surface area contributed by atoms with Crippen LogP contribution in [-0.2, 0) is 37.5 Å². The molecule has 0 spiro atoms. The highest BCUT2D eigenvalue weighted by atomic mass is 19.3. The smallest absolute Gasteiger partial charge is 0.339 e. The minimum Gasteiger partial charge on any atom is -0.398 e.